The molecule has 1 saturated heterocycles. The summed E-state index contributed by atoms with van der Waals surface area (Å²) >= 11 is 0. The SMILES string of the molecule is CCC1(CO)CCN(C(=O)NC(C)c2cccc3ccccc23)CC1. The van der Waals surface area contributed by atoms with Crippen LogP contribution >= 0.6 is 0 Å². The predicted molar refractivity (Wildman–Crippen MR) is 102 cm³/mol. The summed E-state index contributed by atoms with van der Waals surface area (Å²) in [4.78, 5) is 14.5. The molecule has 25 heavy (non-hydrogen) atoms. The number of amides is 2. The van der Waals surface area contributed by atoms with Gasteiger partial charge in [-0.25, -0.2) is 4.79 Å². The maximum atomic E-state index is 12.7. The van der Waals surface area contributed by atoms with Crippen LogP contribution < -0.4 is 5.32 Å². The van der Waals surface area contributed by atoms with Crippen LogP contribution in [-0.4, -0.2) is 35.7 Å². The van der Waals surface area contributed by atoms with E-state index in [9.17, 15) is 9.90 Å². The number of nitrogens with one attached hydrogen (secondary N) is 1. The Balaban J connectivity index is 1.67. The van der Waals surface area contributed by atoms with Crippen molar-refractivity contribution in [3.05, 3.63) is 48.0 Å². The summed E-state index contributed by atoms with van der Waals surface area (Å²) in [5.74, 6) is 0. The zero-order chi connectivity index (χ0) is 17.9. The number of carbonyl (C=O) groups excluding carboxylic acids is 1. The van der Waals surface area contributed by atoms with E-state index in [1.165, 1.54) is 10.8 Å². The average Bonchev–Trinajstić information content (AvgIpc) is 2.67. The van der Waals surface area contributed by atoms with Gasteiger partial charge in [0.15, 0.2) is 0 Å². The number of hydrogen-bond acceptors (Lipinski definition) is 2. The third-order valence-electron chi connectivity index (χ3n) is 5.83. The van der Waals surface area contributed by atoms with Gasteiger partial charge in [0, 0.05) is 19.7 Å². The molecule has 2 amide bonds. The van der Waals surface area contributed by atoms with Crippen LogP contribution in [0.3, 0.4) is 0 Å². The van der Waals surface area contributed by atoms with Crippen LogP contribution in [0, 0.1) is 5.41 Å². The summed E-state index contributed by atoms with van der Waals surface area (Å²) in [5, 5.41) is 15.2. The van der Waals surface area contributed by atoms with Gasteiger partial charge in [-0.1, -0.05) is 49.4 Å². The van der Waals surface area contributed by atoms with E-state index in [0.717, 1.165) is 24.8 Å². The lowest BCUT2D eigenvalue weighted by Gasteiger charge is -2.40. The van der Waals surface area contributed by atoms with E-state index in [0.29, 0.717) is 13.1 Å². The number of likely N-dealkylation sites (tertiary alicyclic amines) is 1. The Morgan fingerprint density at radius 2 is 1.88 bits per heavy atom. The summed E-state index contributed by atoms with van der Waals surface area (Å²) in [6, 6.07) is 14.4. The third kappa shape index (κ3) is 3.64. The second-order valence-electron chi connectivity index (χ2n) is 7.24. The first-order chi connectivity index (χ1) is 12.1. The van der Waals surface area contributed by atoms with Crippen molar-refractivity contribution >= 4 is 16.8 Å². The predicted octanol–water partition coefficient (Wildman–Crippen LogP) is 4.09. The van der Waals surface area contributed by atoms with Crippen LogP contribution in [0.4, 0.5) is 4.79 Å². The van der Waals surface area contributed by atoms with Gasteiger partial charge in [-0.3, -0.25) is 0 Å². The first-order valence-electron chi connectivity index (χ1n) is 9.22. The second-order valence-corrected chi connectivity index (χ2v) is 7.24. The molecule has 0 aromatic heterocycles. The Labute approximate surface area is 149 Å². The summed E-state index contributed by atoms with van der Waals surface area (Å²) in [6.45, 7) is 5.79. The number of fused-ring (bicyclic) bond motifs is 1. The molecule has 0 radical (unpaired) electrons. The Morgan fingerprint density at radius 1 is 1.20 bits per heavy atom. The van der Waals surface area contributed by atoms with Crippen LogP contribution in [0.1, 0.15) is 44.7 Å². The molecule has 4 heteroatoms. The number of urea groups is 1. The molecular formula is C21H28N2O2. The Bertz CT molecular complexity index is 724. The number of carbonyl (C=O) groups is 1. The lowest BCUT2D eigenvalue weighted by molar-refractivity contribution is 0.0516. The fourth-order valence-electron chi connectivity index (χ4n) is 3.79. The van der Waals surface area contributed by atoms with E-state index in [2.05, 4.69) is 36.5 Å². The topological polar surface area (TPSA) is 52.6 Å². The Hall–Kier alpha value is -2.07. The van der Waals surface area contributed by atoms with E-state index < -0.39 is 0 Å². The first kappa shape index (κ1) is 17.7. The largest absolute Gasteiger partial charge is 0.396 e. The van der Waals surface area contributed by atoms with Crippen molar-refractivity contribution in [2.75, 3.05) is 19.7 Å². The number of piperidine rings is 1. The standard InChI is InChI=1S/C21H28N2O2/c1-3-21(15-24)11-13-23(14-12-21)20(25)22-16(2)18-10-6-8-17-7-4-5-9-19(17)18/h4-10,16,24H,3,11-15H2,1-2H3,(H,22,25). The van der Waals surface area contributed by atoms with E-state index in [4.69, 9.17) is 0 Å². The van der Waals surface area contributed by atoms with Gasteiger partial charge in [-0.2, -0.15) is 0 Å². The molecule has 2 N–H and O–H groups in total. The van der Waals surface area contributed by atoms with Gasteiger partial charge in [0.1, 0.15) is 0 Å². The number of nitrogens with zero attached hydrogens (tertiary/aromatic N) is 1. The van der Waals surface area contributed by atoms with Crippen molar-refractivity contribution in [1.82, 2.24) is 10.2 Å². The van der Waals surface area contributed by atoms with E-state index in [1.807, 2.05) is 30.0 Å². The van der Waals surface area contributed by atoms with Crippen molar-refractivity contribution in [3.8, 4) is 0 Å². The summed E-state index contributed by atoms with van der Waals surface area (Å²) in [7, 11) is 0. The van der Waals surface area contributed by atoms with Crippen molar-refractivity contribution in [3.63, 3.8) is 0 Å². The van der Waals surface area contributed by atoms with Crippen molar-refractivity contribution in [1.29, 1.82) is 0 Å². The number of rotatable bonds is 4. The minimum Gasteiger partial charge on any atom is -0.396 e. The molecular weight excluding hydrogens is 312 g/mol. The second kappa shape index (κ2) is 7.44. The number of aliphatic hydroxyl groups excluding tert-OH is 1. The van der Waals surface area contributed by atoms with Gasteiger partial charge in [0.25, 0.3) is 0 Å². The minimum atomic E-state index is -0.0469. The highest BCUT2D eigenvalue weighted by Gasteiger charge is 2.34. The molecule has 1 atom stereocenters. The summed E-state index contributed by atoms with van der Waals surface area (Å²) in [5.41, 5.74) is 1.14. The fraction of sp³-hybridized carbons (Fsp3) is 0.476. The Morgan fingerprint density at radius 3 is 2.56 bits per heavy atom. The molecule has 2 aromatic carbocycles. The van der Waals surface area contributed by atoms with Crippen LogP contribution in [0.15, 0.2) is 42.5 Å². The lowest BCUT2D eigenvalue weighted by atomic mass is 9.77. The molecule has 0 spiro atoms. The quantitative estimate of drug-likeness (QED) is 0.880. The lowest BCUT2D eigenvalue weighted by Crippen LogP contribution is -2.48. The van der Waals surface area contributed by atoms with E-state index in [-0.39, 0.29) is 24.1 Å². The molecule has 0 saturated carbocycles. The average molecular weight is 340 g/mol. The first-order valence-corrected chi connectivity index (χ1v) is 9.22. The molecule has 1 unspecified atom stereocenters. The number of aliphatic hydroxyl groups is 1. The molecule has 1 heterocycles. The van der Waals surface area contributed by atoms with Crippen molar-refractivity contribution in [2.24, 2.45) is 5.41 Å². The van der Waals surface area contributed by atoms with Gasteiger partial charge < -0.3 is 15.3 Å². The van der Waals surface area contributed by atoms with Gasteiger partial charge in [-0.05, 0) is 47.9 Å². The molecule has 1 aliphatic rings. The van der Waals surface area contributed by atoms with Crippen molar-refractivity contribution in [2.45, 2.75) is 39.2 Å². The number of benzene rings is 2. The monoisotopic (exact) mass is 340 g/mol. The number of hydrogen-bond donors (Lipinski definition) is 2. The zero-order valence-electron chi connectivity index (χ0n) is 15.2. The molecule has 134 valence electrons. The molecule has 2 aromatic rings. The van der Waals surface area contributed by atoms with Gasteiger partial charge >= 0.3 is 6.03 Å². The summed E-state index contributed by atoms with van der Waals surface area (Å²) < 4.78 is 0. The van der Waals surface area contributed by atoms with E-state index in [1.54, 1.807) is 0 Å². The van der Waals surface area contributed by atoms with Crippen LogP contribution in [0.2, 0.25) is 0 Å². The summed E-state index contributed by atoms with van der Waals surface area (Å²) in [6.07, 6.45) is 2.71. The highest BCUT2D eigenvalue weighted by atomic mass is 16.3. The third-order valence-corrected chi connectivity index (χ3v) is 5.83. The van der Waals surface area contributed by atoms with Crippen LogP contribution in [0.25, 0.3) is 10.8 Å². The van der Waals surface area contributed by atoms with E-state index >= 15 is 0 Å². The maximum Gasteiger partial charge on any atom is 0.317 e. The molecule has 4 nitrogen and oxygen atoms in total. The van der Waals surface area contributed by atoms with Gasteiger partial charge in [-0.15, -0.1) is 0 Å². The normalized spacial score (nSPS) is 18.1. The highest BCUT2D eigenvalue weighted by Crippen LogP contribution is 2.34. The molecule has 0 aliphatic carbocycles. The highest BCUT2D eigenvalue weighted by molar-refractivity contribution is 5.86. The van der Waals surface area contributed by atoms with Gasteiger partial charge in [0.05, 0.1) is 6.04 Å². The molecule has 1 aliphatic heterocycles. The van der Waals surface area contributed by atoms with Crippen LogP contribution in [-0.2, 0) is 0 Å². The van der Waals surface area contributed by atoms with Crippen LogP contribution in [0.5, 0.6) is 0 Å². The smallest absolute Gasteiger partial charge is 0.317 e. The molecule has 1 fully saturated rings. The zero-order valence-corrected chi connectivity index (χ0v) is 15.2. The maximum absolute atomic E-state index is 12.7. The Kier molecular flexibility index (Phi) is 5.28. The molecule has 3 rings (SSSR count). The van der Waals surface area contributed by atoms with Crippen molar-refractivity contribution < 1.29 is 9.90 Å². The van der Waals surface area contributed by atoms with Gasteiger partial charge in [0.2, 0.25) is 0 Å². The molecule has 0 bridgehead atoms. The minimum absolute atomic E-state index is 0.00196. The fourth-order valence-corrected chi connectivity index (χ4v) is 3.79.